The minimum atomic E-state index is -0.225. The number of oxime groups is 1. The number of carbonyl (C=O) groups is 1. The van der Waals surface area contributed by atoms with E-state index in [2.05, 4.69) is 43.3 Å². The van der Waals surface area contributed by atoms with Gasteiger partial charge in [-0.1, -0.05) is 49.3 Å². The number of benzene rings is 1. The first-order valence-electron chi connectivity index (χ1n) is 9.32. The van der Waals surface area contributed by atoms with E-state index < -0.39 is 0 Å². The molecule has 0 saturated heterocycles. The van der Waals surface area contributed by atoms with E-state index >= 15 is 0 Å². The monoisotopic (exact) mass is 343 g/mol. The van der Waals surface area contributed by atoms with E-state index in [4.69, 9.17) is 9.57 Å². The Balaban J connectivity index is 1.59. The Bertz CT molecular complexity index is 642. The standard InChI is InChI=1S/C21H29NO3/c1-16(23)24-15-21(3)18-11-12-20(2,14-18)19(21)22-25-13-7-10-17-8-5-4-6-9-17/h4-6,8-9,18H,7,10-15H2,1-3H3/b22-19-. The van der Waals surface area contributed by atoms with Crippen molar-refractivity contribution in [3.8, 4) is 0 Å². The quantitative estimate of drug-likeness (QED) is 0.419. The lowest BCUT2D eigenvalue weighted by molar-refractivity contribution is -0.143. The van der Waals surface area contributed by atoms with Crippen LogP contribution in [0.1, 0.15) is 52.0 Å². The summed E-state index contributed by atoms with van der Waals surface area (Å²) in [6.07, 6.45) is 5.40. The molecule has 2 saturated carbocycles. The number of hydrogen-bond donors (Lipinski definition) is 0. The van der Waals surface area contributed by atoms with E-state index in [9.17, 15) is 4.79 Å². The predicted octanol–water partition coefficient (Wildman–Crippen LogP) is 4.38. The average Bonchev–Trinajstić information content (AvgIpc) is 3.08. The smallest absolute Gasteiger partial charge is 0.302 e. The first kappa shape index (κ1) is 18.0. The van der Waals surface area contributed by atoms with Crippen LogP contribution in [0.3, 0.4) is 0 Å². The van der Waals surface area contributed by atoms with Crippen LogP contribution in [-0.2, 0) is 20.8 Å². The molecule has 0 radical (unpaired) electrons. The Hall–Kier alpha value is -1.84. The molecule has 4 heteroatoms. The zero-order valence-electron chi connectivity index (χ0n) is 15.6. The van der Waals surface area contributed by atoms with Gasteiger partial charge in [0.1, 0.15) is 13.2 Å². The van der Waals surface area contributed by atoms with Gasteiger partial charge in [0.05, 0.1) is 5.71 Å². The van der Waals surface area contributed by atoms with Crippen LogP contribution in [0, 0.1) is 16.7 Å². The van der Waals surface area contributed by atoms with Gasteiger partial charge >= 0.3 is 5.97 Å². The molecule has 0 heterocycles. The maximum absolute atomic E-state index is 11.3. The number of fused-ring (bicyclic) bond motifs is 2. The number of esters is 1. The summed E-state index contributed by atoms with van der Waals surface area (Å²) in [4.78, 5) is 17.0. The van der Waals surface area contributed by atoms with Gasteiger partial charge in [0, 0.05) is 17.8 Å². The van der Waals surface area contributed by atoms with Crippen LogP contribution in [0.25, 0.3) is 0 Å². The minimum absolute atomic E-state index is 0.0962. The average molecular weight is 343 g/mol. The molecule has 0 aromatic heterocycles. The fourth-order valence-corrected chi connectivity index (χ4v) is 4.63. The van der Waals surface area contributed by atoms with Crippen LogP contribution in [0.2, 0.25) is 0 Å². The molecular weight excluding hydrogens is 314 g/mol. The number of aryl methyl sites for hydroxylation is 1. The Morgan fingerprint density at radius 1 is 1.28 bits per heavy atom. The maximum Gasteiger partial charge on any atom is 0.302 e. The van der Waals surface area contributed by atoms with Gasteiger partial charge in [-0.25, -0.2) is 0 Å². The zero-order valence-corrected chi connectivity index (χ0v) is 15.6. The molecule has 3 rings (SSSR count). The fourth-order valence-electron chi connectivity index (χ4n) is 4.63. The third kappa shape index (κ3) is 3.73. The highest BCUT2D eigenvalue weighted by atomic mass is 16.6. The van der Waals surface area contributed by atoms with Crippen LogP contribution >= 0.6 is 0 Å². The van der Waals surface area contributed by atoms with Gasteiger partial charge in [-0.2, -0.15) is 0 Å². The van der Waals surface area contributed by atoms with Crippen LogP contribution in [0.4, 0.5) is 0 Å². The second kappa shape index (κ2) is 7.19. The number of nitrogens with zero attached hydrogens (tertiary/aromatic N) is 1. The van der Waals surface area contributed by atoms with Gasteiger partial charge < -0.3 is 9.57 Å². The highest BCUT2D eigenvalue weighted by Crippen LogP contribution is 2.60. The molecule has 25 heavy (non-hydrogen) atoms. The van der Waals surface area contributed by atoms with E-state index in [0.29, 0.717) is 19.1 Å². The third-order valence-electron chi connectivity index (χ3n) is 6.03. The van der Waals surface area contributed by atoms with Crippen LogP contribution in [0.5, 0.6) is 0 Å². The van der Waals surface area contributed by atoms with Crippen molar-refractivity contribution in [1.29, 1.82) is 0 Å². The van der Waals surface area contributed by atoms with Gasteiger partial charge in [0.2, 0.25) is 0 Å². The summed E-state index contributed by atoms with van der Waals surface area (Å²) in [5.74, 6) is 0.306. The lowest BCUT2D eigenvalue weighted by Gasteiger charge is -2.37. The first-order valence-corrected chi connectivity index (χ1v) is 9.32. The van der Waals surface area contributed by atoms with Crippen molar-refractivity contribution in [2.75, 3.05) is 13.2 Å². The normalized spacial score (nSPS) is 32.1. The zero-order chi connectivity index (χ0) is 17.9. The van der Waals surface area contributed by atoms with Crippen molar-refractivity contribution in [2.45, 2.75) is 52.9 Å². The van der Waals surface area contributed by atoms with Crippen molar-refractivity contribution < 1.29 is 14.4 Å². The van der Waals surface area contributed by atoms with Gasteiger partial charge in [-0.05, 0) is 43.6 Å². The molecule has 0 N–H and O–H groups in total. The molecule has 0 amide bonds. The van der Waals surface area contributed by atoms with E-state index in [1.54, 1.807) is 0 Å². The molecule has 1 aromatic rings. The minimum Gasteiger partial charge on any atom is -0.465 e. The fraction of sp³-hybridized carbons (Fsp3) is 0.619. The summed E-state index contributed by atoms with van der Waals surface area (Å²) in [5, 5.41) is 4.57. The topological polar surface area (TPSA) is 47.9 Å². The van der Waals surface area contributed by atoms with Crippen molar-refractivity contribution in [1.82, 2.24) is 0 Å². The van der Waals surface area contributed by atoms with Crippen molar-refractivity contribution in [2.24, 2.45) is 21.9 Å². The highest BCUT2D eigenvalue weighted by Gasteiger charge is 2.60. The molecule has 1 aromatic carbocycles. The van der Waals surface area contributed by atoms with Crippen molar-refractivity contribution >= 4 is 11.7 Å². The largest absolute Gasteiger partial charge is 0.465 e. The van der Waals surface area contributed by atoms with E-state index in [0.717, 1.165) is 31.4 Å². The second-order valence-corrected chi connectivity index (χ2v) is 8.06. The summed E-state index contributed by atoms with van der Waals surface area (Å²) in [7, 11) is 0. The summed E-state index contributed by atoms with van der Waals surface area (Å²) in [6.45, 7) is 6.95. The maximum atomic E-state index is 11.3. The first-order chi connectivity index (χ1) is 11.9. The second-order valence-electron chi connectivity index (χ2n) is 8.06. The third-order valence-corrected chi connectivity index (χ3v) is 6.03. The Morgan fingerprint density at radius 2 is 2.04 bits per heavy atom. The molecule has 2 aliphatic carbocycles. The lowest BCUT2D eigenvalue weighted by atomic mass is 9.70. The number of rotatable bonds is 7. The van der Waals surface area contributed by atoms with Gasteiger partial charge in [-0.15, -0.1) is 0 Å². The Labute approximate surface area is 150 Å². The molecule has 0 aliphatic heterocycles. The van der Waals surface area contributed by atoms with Crippen LogP contribution < -0.4 is 0 Å². The van der Waals surface area contributed by atoms with Gasteiger partial charge in [0.25, 0.3) is 0 Å². The van der Waals surface area contributed by atoms with Crippen molar-refractivity contribution in [3.05, 3.63) is 35.9 Å². The molecular formula is C21H29NO3. The summed E-state index contributed by atoms with van der Waals surface area (Å²) >= 11 is 0. The van der Waals surface area contributed by atoms with Gasteiger partial charge in [-0.3, -0.25) is 4.79 Å². The molecule has 2 bridgehead atoms. The number of hydrogen-bond acceptors (Lipinski definition) is 4. The molecule has 3 atom stereocenters. The summed E-state index contributed by atoms with van der Waals surface area (Å²) < 4.78 is 5.37. The van der Waals surface area contributed by atoms with E-state index in [1.165, 1.54) is 18.9 Å². The number of ether oxygens (including phenoxy) is 1. The molecule has 3 unspecified atom stereocenters. The highest BCUT2D eigenvalue weighted by molar-refractivity contribution is 5.98. The lowest BCUT2D eigenvalue weighted by Crippen LogP contribution is -2.42. The van der Waals surface area contributed by atoms with Crippen LogP contribution in [0.15, 0.2) is 35.5 Å². The molecule has 0 spiro atoms. The summed E-state index contributed by atoms with van der Waals surface area (Å²) in [6, 6.07) is 10.4. The summed E-state index contributed by atoms with van der Waals surface area (Å²) in [5.41, 5.74) is 2.33. The molecule has 136 valence electrons. The van der Waals surface area contributed by atoms with Gasteiger partial charge in [0.15, 0.2) is 0 Å². The Morgan fingerprint density at radius 3 is 2.76 bits per heavy atom. The van der Waals surface area contributed by atoms with Crippen LogP contribution in [-0.4, -0.2) is 24.9 Å². The SMILES string of the molecule is CC(=O)OCC1(C)/C(=N\OCCCc2ccccc2)C2(C)CCC1C2. The van der Waals surface area contributed by atoms with E-state index in [-0.39, 0.29) is 16.8 Å². The molecule has 2 fully saturated rings. The molecule has 4 nitrogen and oxygen atoms in total. The predicted molar refractivity (Wildman–Crippen MR) is 98.3 cm³/mol. The van der Waals surface area contributed by atoms with Crippen molar-refractivity contribution in [3.63, 3.8) is 0 Å². The van der Waals surface area contributed by atoms with E-state index in [1.807, 2.05) is 6.07 Å². The number of carbonyl (C=O) groups excluding carboxylic acids is 1. The Kier molecular flexibility index (Phi) is 5.16. The molecule has 2 aliphatic rings.